The molecule has 0 spiro atoms. The first kappa shape index (κ1) is 29.1. The Labute approximate surface area is 205 Å². The Kier molecular flexibility index (Phi) is 11.2. The molecule has 0 saturated carbocycles. The normalized spacial score (nSPS) is 10.9. The van der Waals surface area contributed by atoms with Gasteiger partial charge in [0, 0.05) is 17.5 Å². The van der Waals surface area contributed by atoms with Gasteiger partial charge in [0.1, 0.15) is 11.5 Å². The molecular formula is C24H29ClO8S. The highest BCUT2D eigenvalue weighted by atomic mass is 35.5. The van der Waals surface area contributed by atoms with Gasteiger partial charge in [-0.1, -0.05) is 25.5 Å². The van der Waals surface area contributed by atoms with Crippen LogP contribution in [0, 0.1) is 0 Å². The number of hydrogen-bond donors (Lipinski definition) is 2. The first-order valence-electron chi connectivity index (χ1n) is 10.6. The summed E-state index contributed by atoms with van der Waals surface area (Å²) in [5.74, 6) is -1.56. The van der Waals surface area contributed by atoms with Gasteiger partial charge < -0.3 is 14.9 Å². The van der Waals surface area contributed by atoms with Crippen LogP contribution in [0.3, 0.4) is 0 Å². The van der Waals surface area contributed by atoms with Crippen LogP contribution in [0.2, 0.25) is 0 Å². The van der Waals surface area contributed by atoms with Crippen molar-refractivity contribution in [1.29, 1.82) is 0 Å². The molecule has 2 N–H and O–H groups in total. The lowest BCUT2D eigenvalue weighted by Crippen LogP contribution is -2.12. The Morgan fingerprint density at radius 3 is 2.21 bits per heavy atom. The number of sulfone groups is 1. The molecule has 0 bridgehead atoms. The van der Waals surface area contributed by atoms with Gasteiger partial charge >= 0.3 is 5.97 Å². The maximum absolute atomic E-state index is 12.6. The summed E-state index contributed by atoms with van der Waals surface area (Å²) >= 11 is 0. The van der Waals surface area contributed by atoms with Crippen LogP contribution in [0.1, 0.15) is 65.8 Å². The molecule has 0 heterocycles. The number of carbonyl (C=O) groups is 3. The molecule has 34 heavy (non-hydrogen) atoms. The van der Waals surface area contributed by atoms with Crippen molar-refractivity contribution in [2.45, 2.75) is 50.8 Å². The van der Waals surface area contributed by atoms with Crippen LogP contribution in [0.4, 0.5) is 0 Å². The fourth-order valence-electron chi connectivity index (χ4n) is 3.29. The third-order valence-corrected chi connectivity index (χ3v) is 6.85. The monoisotopic (exact) mass is 512 g/mol. The first-order chi connectivity index (χ1) is 15.6. The average molecular weight is 513 g/mol. The summed E-state index contributed by atoms with van der Waals surface area (Å²) in [5, 5.41) is 19.0. The van der Waals surface area contributed by atoms with Crippen molar-refractivity contribution in [3.8, 4) is 11.5 Å². The van der Waals surface area contributed by atoms with E-state index in [1.807, 2.05) is 6.92 Å². The summed E-state index contributed by atoms with van der Waals surface area (Å²) in [5.41, 5.74) is 1.00. The van der Waals surface area contributed by atoms with Crippen LogP contribution in [0.5, 0.6) is 11.5 Å². The minimum Gasteiger partial charge on any atom is -0.507 e. The van der Waals surface area contributed by atoms with Crippen LogP contribution in [-0.2, 0) is 21.1 Å². The topological polar surface area (TPSA) is 135 Å². The van der Waals surface area contributed by atoms with Crippen molar-refractivity contribution < 1.29 is 37.8 Å². The number of rotatable bonds is 13. The van der Waals surface area contributed by atoms with Crippen LogP contribution in [0.25, 0.3) is 0 Å². The standard InChI is InChI=1S/C24H28O8S.ClH/c1-3-5-20-22(12-10-19(16(2)25)24(20)29)32-14-4-15-33(30,31)18-8-6-17(7-9-18)21(26)11-13-23(27)28;/h6-10,12,29H,3-5,11,13-15H2,1-2H3,(H,27,28);1H. The zero-order valence-electron chi connectivity index (χ0n) is 19.1. The van der Waals surface area contributed by atoms with E-state index in [9.17, 15) is 27.9 Å². The number of carbonyl (C=O) groups excluding carboxylic acids is 2. The number of aromatic hydroxyl groups is 1. The molecule has 0 atom stereocenters. The van der Waals surface area contributed by atoms with Gasteiger partial charge in [0.2, 0.25) is 0 Å². The minimum atomic E-state index is -3.61. The van der Waals surface area contributed by atoms with E-state index in [0.717, 1.165) is 6.42 Å². The minimum absolute atomic E-state index is 0. The highest BCUT2D eigenvalue weighted by Gasteiger charge is 2.18. The van der Waals surface area contributed by atoms with Crippen molar-refractivity contribution in [2.24, 2.45) is 0 Å². The van der Waals surface area contributed by atoms with Gasteiger partial charge in [-0.25, -0.2) is 8.42 Å². The number of carboxylic acids is 1. The Balaban J connectivity index is 0.00000578. The summed E-state index contributed by atoms with van der Waals surface area (Å²) in [6.07, 6.45) is 1.00. The summed E-state index contributed by atoms with van der Waals surface area (Å²) in [4.78, 5) is 34.2. The molecule has 0 fully saturated rings. The summed E-state index contributed by atoms with van der Waals surface area (Å²) in [6, 6.07) is 8.52. The zero-order chi connectivity index (χ0) is 24.6. The molecule has 0 saturated heterocycles. The highest BCUT2D eigenvalue weighted by molar-refractivity contribution is 7.91. The molecule has 2 aromatic carbocycles. The predicted octanol–water partition coefficient (Wildman–Crippen LogP) is 4.26. The number of ether oxygens (including phenoxy) is 1. The van der Waals surface area contributed by atoms with Crippen molar-refractivity contribution in [3.05, 3.63) is 53.1 Å². The van der Waals surface area contributed by atoms with E-state index in [1.165, 1.54) is 37.3 Å². The molecule has 2 aromatic rings. The Hall–Kier alpha value is -2.91. The number of phenols is 1. The van der Waals surface area contributed by atoms with Crippen molar-refractivity contribution in [3.63, 3.8) is 0 Å². The van der Waals surface area contributed by atoms with Crippen LogP contribution in [-0.4, -0.2) is 48.5 Å². The maximum atomic E-state index is 12.6. The maximum Gasteiger partial charge on any atom is 0.303 e. The summed E-state index contributed by atoms with van der Waals surface area (Å²) in [7, 11) is -3.61. The van der Waals surface area contributed by atoms with Crippen LogP contribution in [0.15, 0.2) is 41.3 Å². The second kappa shape index (κ2) is 13.1. The van der Waals surface area contributed by atoms with Gasteiger partial charge in [-0.2, -0.15) is 0 Å². The van der Waals surface area contributed by atoms with E-state index >= 15 is 0 Å². The Bertz CT molecular complexity index is 1120. The van der Waals surface area contributed by atoms with Crippen LogP contribution < -0.4 is 4.74 Å². The predicted molar refractivity (Wildman–Crippen MR) is 129 cm³/mol. The molecule has 186 valence electrons. The molecule has 0 aliphatic carbocycles. The van der Waals surface area contributed by atoms with E-state index in [0.29, 0.717) is 17.7 Å². The van der Waals surface area contributed by atoms with Gasteiger partial charge in [-0.3, -0.25) is 14.4 Å². The van der Waals surface area contributed by atoms with Gasteiger partial charge in [-0.15, -0.1) is 12.4 Å². The molecule has 0 aliphatic rings. The lowest BCUT2D eigenvalue weighted by Gasteiger charge is -2.14. The molecule has 10 heteroatoms. The number of Topliss-reactive ketones (excluding diaryl/α,β-unsaturated/α-hetero) is 2. The smallest absolute Gasteiger partial charge is 0.303 e. The van der Waals surface area contributed by atoms with Crippen molar-refractivity contribution in [1.82, 2.24) is 0 Å². The second-order valence-corrected chi connectivity index (χ2v) is 9.72. The van der Waals surface area contributed by atoms with Crippen molar-refractivity contribution >= 4 is 39.8 Å². The molecule has 2 rings (SSSR count). The van der Waals surface area contributed by atoms with Crippen molar-refractivity contribution in [2.75, 3.05) is 12.4 Å². The van der Waals surface area contributed by atoms with Gasteiger partial charge in [-0.05, 0) is 44.0 Å². The number of aliphatic carboxylic acids is 1. The number of hydrogen-bond acceptors (Lipinski definition) is 7. The lowest BCUT2D eigenvalue weighted by molar-refractivity contribution is -0.136. The molecular weight excluding hydrogens is 484 g/mol. The first-order valence-corrected chi connectivity index (χ1v) is 12.3. The second-order valence-electron chi connectivity index (χ2n) is 7.61. The van der Waals surface area contributed by atoms with E-state index in [2.05, 4.69) is 0 Å². The largest absolute Gasteiger partial charge is 0.507 e. The van der Waals surface area contributed by atoms with E-state index in [4.69, 9.17) is 9.84 Å². The zero-order valence-corrected chi connectivity index (χ0v) is 20.7. The lowest BCUT2D eigenvalue weighted by atomic mass is 10.0. The number of halogens is 1. The summed E-state index contributed by atoms with van der Waals surface area (Å²) < 4.78 is 30.9. The molecule has 0 aromatic heterocycles. The Morgan fingerprint density at radius 1 is 1.00 bits per heavy atom. The molecule has 0 amide bonds. The van der Waals surface area contributed by atoms with Crippen LogP contribution >= 0.6 is 12.4 Å². The third kappa shape index (κ3) is 7.85. The van der Waals surface area contributed by atoms with E-state index in [-0.39, 0.29) is 77.4 Å². The summed E-state index contributed by atoms with van der Waals surface area (Å²) in [6.45, 7) is 3.40. The number of benzene rings is 2. The number of phenolic OH excluding ortho intramolecular Hbond substituents is 1. The van der Waals surface area contributed by atoms with E-state index < -0.39 is 15.8 Å². The van der Waals surface area contributed by atoms with Gasteiger partial charge in [0.15, 0.2) is 21.4 Å². The molecule has 0 aliphatic heterocycles. The third-order valence-electron chi connectivity index (χ3n) is 5.04. The van der Waals surface area contributed by atoms with Gasteiger partial charge in [0.25, 0.3) is 0 Å². The average Bonchev–Trinajstić information content (AvgIpc) is 2.77. The van der Waals surface area contributed by atoms with E-state index in [1.54, 1.807) is 6.07 Å². The number of carboxylic acid groups (broad SMARTS) is 1. The van der Waals surface area contributed by atoms with Gasteiger partial charge in [0.05, 0.1) is 29.2 Å². The molecule has 8 nitrogen and oxygen atoms in total. The molecule has 0 unspecified atom stereocenters. The fourth-order valence-corrected chi connectivity index (χ4v) is 4.57. The highest BCUT2D eigenvalue weighted by Crippen LogP contribution is 2.33. The number of ketones is 2. The Morgan fingerprint density at radius 2 is 1.65 bits per heavy atom. The fraction of sp³-hybridized carbons (Fsp3) is 0.375. The molecule has 0 radical (unpaired) electrons. The SMILES string of the molecule is CCCc1c(OCCCS(=O)(=O)c2ccc(C(=O)CCC(=O)O)cc2)ccc(C(C)=O)c1O.Cl. The quantitative estimate of drug-likeness (QED) is 0.300.